The molecule has 7 nitrogen and oxygen atoms in total. The van der Waals surface area contributed by atoms with E-state index in [-0.39, 0.29) is 23.8 Å². The summed E-state index contributed by atoms with van der Waals surface area (Å²) in [6.07, 6.45) is 4.99. The van der Waals surface area contributed by atoms with Crippen LogP contribution >= 0.6 is 0 Å². The second kappa shape index (κ2) is 8.70. The highest BCUT2D eigenvalue weighted by Crippen LogP contribution is 2.22. The van der Waals surface area contributed by atoms with E-state index in [9.17, 15) is 9.59 Å². The maximum Gasteiger partial charge on any atom is 0.271 e. The fourth-order valence-corrected chi connectivity index (χ4v) is 3.26. The predicted octanol–water partition coefficient (Wildman–Crippen LogP) is 2.48. The second-order valence-electron chi connectivity index (χ2n) is 7.16. The van der Waals surface area contributed by atoms with Gasteiger partial charge in [-0.2, -0.15) is 0 Å². The van der Waals surface area contributed by atoms with Crippen molar-refractivity contribution in [3.05, 3.63) is 48.0 Å². The molecule has 0 aliphatic carbocycles. The summed E-state index contributed by atoms with van der Waals surface area (Å²) in [5.41, 5.74) is 1.04. The molecule has 2 amide bonds. The maximum absolute atomic E-state index is 12.5. The fraction of sp³-hybridized carbons (Fsp3) is 0.450. The van der Waals surface area contributed by atoms with Gasteiger partial charge < -0.3 is 19.9 Å². The number of carbonyl (C=O) groups is 2. The van der Waals surface area contributed by atoms with Gasteiger partial charge in [0.15, 0.2) is 0 Å². The van der Waals surface area contributed by atoms with Gasteiger partial charge in [0.2, 0.25) is 0 Å². The monoisotopic (exact) mass is 370 g/mol. The lowest BCUT2D eigenvalue weighted by Crippen LogP contribution is -2.41. The Labute approximate surface area is 159 Å². The highest BCUT2D eigenvalue weighted by Gasteiger charge is 2.26. The van der Waals surface area contributed by atoms with Crippen LogP contribution < -0.4 is 10.1 Å². The van der Waals surface area contributed by atoms with Crippen LogP contribution in [0.1, 0.15) is 47.5 Å². The van der Waals surface area contributed by atoms with Crippen molar-refractivity contribution in [2.45, 2.75) is 32.7 Å². The van der Waals surface area contributed by atoms with Gasteiger partial charge in [-0.25, -0.2) is 4.98 Å². The third kappa shape index (κ3) is 4.87. The summed E-state index contributed by atoms with van der Waals surface area (Å²) in [4.78, 5) is 33.4. The van der Waals surface area contributed by atoms with Crippen LogP contribution in [0.15, 0.2) is 36.8 Å². The van der Waals surface area contributed by atoms with Gasteiger partial charge in [0.1, 0.15) is 11.4 Å². The van der Waals surface area contributed by atoms with Gasteiger partial charge in [0.05, 0.1) is 24.7 Å². The summed E-state index contributed by atoms with van der Waals surface area (Å²) in [5, 5.41) is 2.89. The van der Waals surface area contributed by atoms with E-state index >= 15 is 0 Å². The van der Waals surface area contributed by atoms with Crippen LogP contribution in [-0.4, -0.2) is 52.4 Å². The summed E-state index contributed by atoms with van der Waals surface area (Å²) in [7, 11) is 0. The molecule has 1 unspecified atom stereocenters. The van der Waals surface area contributed by atoms with Crippen LogP contribution in [0.2, 0.25) is 0 Å². The molecule has 3 rings (SSSR count). The Kier molecular flexibility index (Phi) is 6.11. The topological polar surface area (TPSA) is 87.3 Å². The van der Waals surface area contributed by atoms with Crippen molar-refractivity contribution in [2.75, 3.05) is 19.7 Å². The third-order valence-electron chi connectivity index (χ3n) is 4.56. The Morgan fingerprint density at radius 3 is 2.93 bits per heavy atom. The summed E-state index contributed by atoms with van der Waals surface area (Å²) in [6.45, 7) is 5.70. The van der Waals surface area contributed by atoms with Crippen LogP contribution in [-0.2, 0) is 0 Å². The molecular formula is C20H26N4O3. The number of benzene rings is 1. The number of nitrogens with one attached hydrogen (secondary N) is 2. The maximum atomic E-state index is 12.5. The molecular weight excluding hydrogens is 344 g/mol. The molecule has 2 N–H and O–H groups in total. The van der Waals surface area contributed by atoms with Crippen molar-refractivity contribution in [3.63, 3.8) is 0 Å². The van der Waals surface area contributed by atoms with Crippen molar-refractivity contribution in [3.8, 4) is 5.75 Å². The molecule has 1 aliphatic heterocycles. The SMILES string of the molecule is CC(C)NC(=O)c1ccccc1OCC1CCCN(C(=O)c2cnc[nH]2)C1. The molecule has 1 aromatic carbocycles. The average Bonchev–Trinajstić information content (AvgIpc) is 3.20. The first-order valence-corrected chi connectivity index (χ1v) is 9.35. The minimum Gasteiger partial charge on any atom is -0.492 e. The largest absolute Gasteiger partial charge is 0.492 e. The number of para-hydroxylation sites is 1. The number of rotatable bonds is 6. The first-order chi connectivity index (χ1) is 13.0. The standard InChI is InChI=1S/C20H26N4O3/c1-14(2)23-19(25)16-7-3-4-8-18(16)27-12-15-6-5-9-24(11-15)20(26)17-10-21-13-22-17/h3-4,7-8,10,13-15H,5-6,9,11-12H2,1-2H3,(H,21,22)(H,23,25). The number of imidazole rings is 1. The van der Waals surface area contributed by atoms with E-state index in [0.717, 1.165) is 19.4 Å². The van der Waals surface area contributed by atoms with E-state index < -0.39 is 0 Å². The summed E-state index contributed by atoms with van der Waals surface area (Å²) >= 11 is 0. The number of H-pyrrole nitrogens is 1. The molecule has 1 saturated heterocycles. The van der Waals surface area contributed by atoms with Gasteiger partial charge in [0, 0.05) is 25.0 Å². The normalized spacial score (nSPS) is 17.0. The van der Waals surface area contributed by atoms with E-state index in [1.54, 1.807) is 12.3 Å². The minimum absolute atomic E-state index is 0.0334. The first kappa shape index (κ1) is 18.9. The number of carbonyl (C=O) groups excluding carboxylic acids is 2. The van der Waals surface area contributed by atoms with Crippen LogP contribution in [0.4, 0.5) is 0 Å². The molecule has 2 aromatic rings. The van der Waals surface area contributed by atoms with Gasteiger partial charge in [-0.1, -0.05) is 12.1 Å². The van der Waals surface area contributed by atoms with Crippen molar-refractivity contribution in [1.82, 2.24) is 20.2 Å². The van der Waals surface area contributed by atoms with Gasteiger partial charge in [-0.15, -0.1) is 0 Å². The molecule has 1 atom stereocenters. The Morgan fingerprint density at radius 2 is 2.19 bits per heavy atom. The van der Waals surface area contributed by atoms with Gasteiger partial charge >= 0.3 is 0 Å². The van der Waals surface area contributed by atoms with Crippen LogP contribution in [0.3, 0.4) is 0 Å². The number of ether oxygens (including phenoxy) is 1. The second-order valence-corrected chi connectivity index (χ2v) is 7.16. The van der Waals surface area contributed by atoms with E-state index in [2.05, 4.69) is 15.3 Å². The quantitative estimate of drug-likeness (QED) is 0.818. The first-order valence-electron chi connectivity index (χ1n) is 9.35. The van der Waals surface area contributed by atoms with Crippen LogP contribution in [0.5, 0.6) is 5.75 Å². The minimum atomic E-state index is -0.139. The smallest absolute Gasteiger partial charge is 0.271 e. The molecule has 7 heteroatoms. The van der Waals surface area contributed by atoms with Crippen LogP contribution in [0, 0.1) is 5.92 Å². The van der Waals surface area contributed by atoms with E-state index in [0.29, 0.717) is 30.2 Å². The lowest BCUT2D eigenvalue weighted by atomic mass is 9.98. The Morgan fingerprint density at radius 1 is 1.37 bits per heavy atom. The van der Waals surface area contributed by atoms with Crippen molar-refractivity contribution in [1.29, 1.82) is 0 Å². The fourth-order valence-electron chi connectivity index (χ4n) is 3.26. The summed E-state index contributed by atoms with van der Waals surface area (Å²) in [6, 6.07) is 7.32. The number of piperidine rings is 1. The summed E-state index contributed by atoms with van der Waals surface area (Å²) < 4.78 is 5.98. The van der Waals surface area contributed by atoms with Gasteiger partial charge in [0.25, 0.3) is 11.8 Å². The number of hydrogen-bond donors (Lipinski definition) is 2. The number of likely N-dealkylation sites (tertiary alicyclic amines) is 1. The lowest BCUT2D eigenvalue weighted by molar-refractivity contribution is 0.0628. The third-order valence-corrected chi connectivity index (χ3v) is 4.56. The zero-order chi connectivity index (χ0) is 19.2. The van der Waals surface area contributed by atoms with Gasteiger partial charge in [-0.05, 0) is 38.8 Å². The highest BCUT2D eigenvalue weighted by atomic mass is 16.5. The predicted molar refractivity (Wildman–Crippen MR) is 102 cm³/mol. The molecule has 0 bridgehead atoms. The lowest BCUT2D eigenvalue weighted by Gasteiger charge is -2.32. The van der Waals surface area contributed by atoms with Crippen molar-refractivity contribution < 1.29 is 14.3 Å². The molecule has 1 fully saturated rings. The Balaban J connectivity index is 1.60. The number of nitrogens with zero attached hydrogens (tertiary/aromatic N) is 2. The number of hydrogen-bond acceptors (Lipinski definition) is 4. The molecule has 0 radical (unpaired) electrons. The number of aromatic amines is 1. The zero-order valence-corrected chi connectivity index (χ0v) is 15.8. The molecule has 27 heavy (non-hydrogen) atoms. The number of aromatic nitrogens is 2. The average molecular weight is 370 g/mol. The molecule has 144 valence electrons. The molecule has 1 aromatic heterocycles. The molecule has 2 heterocycles. The van der Waals surface area contributed by atoms with E-state index in [1.807, 2.05) is 36.9 Å². The van der Waals surface area contributed by atoms with E-state index in [1.165, 1.54) is 6.33 Å². The van der Waals surface area contributed by atoms with Crippen molar-refractivity contribution in [2.24, 2.45) is 5.92 Å². The highest BCUT2D eigenvalue weighted by molar-refractivity contribution is 5.97. The zero-order valence-electron chi connectivity index (χ0n) is 15.8. The van der Waals surface area contributed by atoms with Gasteiger partial charge in [-0.3, -0.25) is 9.59 Å². The van der Waals surface area contributed by atoms with Crippen LogP contribution in [0.25, 0.3) is 0 Å². The summed E-state index contributed by atoms with van der Waals surface area (Å²) in [5.74, 6) is 0.633. The Bertz CT molecular complexity index is 773. The van der Waals surface area contributed by atoms with E-state index in [4.69, 9.17) is 4.74 Å². The Hall–Kier alpha value is -2.83. The molecule has 0 spiro atoms. The number of amides is 2. The van der Waals surface area contributed by atoms with Crippen molar-refractivity contribution >= 4 is 11.8 Å². The molecule has 0 saturated carbocycles. The molecule has 1 aliphatic rings.